The van der Waals surface area contributed by atoms with E-state index in [0.29, 0.717) is 11.9 Å². The van der Waals surface area contributed by atoms with Crippen LogP contribution in [0.4, 0.5) is 19.0 Å². The summed E-state index contributed by atoms with van der Waals surface area (Å²) < 4.78 is 39.1. The molecule has 3 rings (SSSR count). The Morgan fingerprint density at radius 1 is 1.04 bits per heavy atom. The molecular formula is C16H13F3N4. The molecule has 4 nitrogen and oxygen atoms in total. The first-order valence-corrected chi connectivity index (χ1v) is 6.89. The molecule has 0 bridgehead atoms. The van der Waals surface area contributed by atoms with Gasteiger partial charge < -0.3 is 4.90 Å². The molecule has 0 aliphatic rings. The van der Waals surface area contributed by atoms with Crippen LogP contribution in [-0.2, 0) is 12.7 Å². The van der Waals surface area contributed by atoms with E-state index in [2.05, 4.69) is 15.0 Å². The monoisotopic (exact) mass is 318 g/mol. The highest BCUT2D eigenvalue weighted by Gasteiger charge is 2.35. The van der Waals surface area contributed by atoms with Gasteiger partial charge in [0.25, 0.3) is 0 Å². The van der Waals surface area contributed by atoms with Gasteiger partial charge in [-0.2, -0.15) is 13.2 Å². The molecule has 0 unspecified atom stereocenters. The number of nitrogens with zero attached hydrogens (tertiary/aromatic N) is 4. The summed E-state index contributed by atoms with van der Waals surface area (Å²) in [6.45, 7) is 0.395. The van der Waals surface area contributed by atoms with Crippen LogP contribution in [0.2, 0.25) is 0 Å². The van der Waals surface area contributed by atoms with Crippen molar-refractivity contribution in [1.82, 2.24) is 15.0 Å². The van der Waals surface area contributed by atoms with E-state index >= 15 is 0 Å². The Kier molecular flexibility index (Phi) is 3.85. The van der Waals surface area contributed by atoms with Crippen molar-refractivity contribution in [1.29, 1.82) is 0 Å². The van der Waals surface area contributed by atoms with E-state index in [1.807, 2.05) is 6.07 Å². The van der Waals surface area contributed by atoms with Crippen LogP contribution in [0.15, 0.2) is 48.8 Å². The summed E-state index contributed by atoms with van der Waals surface area (Å²) in [6, 6.07) is 10.3. The molecule has 7 heteroatoms. The summed E-state index contributed by atoms with van der Waals surface area (Å²) >= 11 is 0. The number of hydrogen-bond donors (Lipinski definition) is 0. The van der Waals surface area contributed by atoms with Gasteiger partial charge in [-0.05, 0) is 23.8 Å². The van der Waals surface area contributed by atoms with Crippen LogP contribution in [0.5, 0.6) is 0 Å². The summed E-state index contributed by atoms with van der Waals surface area (Å²) in [6.07, 6.45) is -1.27. The van der Waals surface area contributed by atoms with Crippen molar-refractivity contribution < 1.29 is 13.2 Å². The Morgan fingerprint density at radius 2 is 1.83 bits per heavy atom. The quantitative estimate of drug-likeness (QED) is 0.739. The van der Waals surface area contributed by atoms with Crippen LogP contribution in [-0.4, -0.2) is 22.0 Å². The Bertz CT molecular complexity index is 818. The summed E-state index contributed by atoms with van der Waals surface area (Å²) in [5.41, 5.74) is 1.15. The fourth-order valence-electron chi connectivity index (χ4n) is 2.32. The topological polar surface area (TPSA) is 41.9 Å². The minimum atomic E-state index is -4.59. The van der Waals surface area contributed by atoms with Crippen LogP contribution < -0.4 is 4.90 Å². The maximum absolute atomic E-state index is 13.0. The maximum atomic E-state index is 13.0. The van der Waals surface area contributed by atoms with E-state index in [0.717, 1.165) is 5.56 Å². The van der Waals surface area contributed by atoms with Crippen molar-refractivity contribution in [3.8, 4) is 0 Å². The van der Waals surface area contributed by atoms with E-state index < -0.39 is 12.0 Å². The first-order chi connectivity index (χ1) is 10.9. The lowest BCUT2D eigenvalue weighted by Crippen LogP contribution is -2.21. The summed E-state index contributed by atoms with van der Waals surface area (Å²) in [5.74, 6) is -0.893. The average Bonchev–Trinajstić information content (AvgIpc) is 2.54. The van der Waals surface area contributed by atoms with Crippen LogP contribution in [0.3, 0.4) is 0 Å². The van der Waals surface area contributed by atoms with Gasteiger partial charge in [0.1, 0.15) is 5.82 Å². The molecule has 2 heterocycles. The molecular weight excluding hydrogens is 305 g/mol. The highest BCUT2D eigenvalue weighted by Crippen LogP contribution is 2.31. The molecule has 0 fully saturated rings. The van der Waals surface area contributed by atoms with Crippen molar-refractivity contribution in [3.05, 3.63) is 60.2 Å². The molecule has 0 atom stereocenters. The Balaban J connectivity index is 2.07. The number of halogens is 3. The zero-order valence-electron chi connectivity index (χ0n) is 12.2. The fraction of sp³-hybridized carbons (Fsp3) is 0.188. The van der Waals surface area contributed by atoms with Gasteiger partial charge in [0.05, 0.1) is 5.52 Å². The second-order valence-electron chi connectivity index (χ2n) is 5.10. The number of aromatic nitrogens is 3. The predicted molar refractivity (Wildman–Crippen MR) is 80.9 cm³/mol. The summed E-state index contributed by atoms with van der Waals surface area (Å²) in [4.78, 5) is 13.0. The normalized spacial score (nSPS) is 11.7. The first-order valence-electron chi connectivity index (χ1n) is 6.89. The Labute approximate surface area is 130 Å². The van der Waals surface area contributed by atoms with Gasteiger partial charge in [-0.1, -0.05) is 18.2 Å². The van der Waals surface area contributed by atoms with Crippen LogP contribution >= 0.6 is 0 Å². The van der Waals surface area contributed by atoms with E-state index in [-0.39, 0.29) is 11.3 Å². The fourth-order valence-corrected chi connectivity index (χ4v) is 2.32. The van der Waals surface area contributed by atoms with Gasteiger partial charge in [0.2, 0.25) is 5.82 Å². The van der Waals surface area contributed by atoms with Gasteiger partial charge in [0, 0.05) is 31.4 Å². The van der Waals surface area contributed by atoms with Crippen molar-refractivity contribution in [2.75, 3.05) is 11.9 Å². The molecule has 0 saturated carbocycles. The molecule has 3 aromatic rings. The first kappa shape index (κ1) is 15.2. The van der Waals surface area contributed by atoms with Gasteiger partial charge >= 0.3 is 6.18 Å². The Morgan fingerprint density at radius 3 is 2.52 bits per heavy atom. The minimum absolute atomic E-state index is 0.242. The van der Waals surface area contributed by atoms with E-state index in [9.17, 15) is 13.2 Å². The zero-order valence-corrected chi connectivity index (χ0v) is 12.2. The number of alkyl halides is 3. The molecule has 0 N–H and O–H groups in total. The minimum Gasteiger partial charge on any atom is -0.355 e. The molecule has 0 aliphatic heterocycles. The van der Waals surface area contributed by atoms with Gasteiger partial charge in [-0.25, -0.2) is 9.97 Å². The number of rotatable bonds is 3. The van der Waals surface area contributed by atoms with Crippen LogP contribution in [0, 0.1) is 0 Å². The number of anilines is 1. The van der Waals surface area contributed by atoms with Crippen LogP contribution in [0.25, 0.3) is 10.9 Å². The molecule has 0 aliphatic carbocycles. The Hall–Kier alpha value is -2.70. The SMILES string of the molecule is CN(Cc1cccnc1)c1nc(C(F)(F)F)nc2ccccc12. The van der Waals surface area contributed by atoms with Crippen LogP contribution in [0.1, 0.15) is 11.4 Å². The van der Waals surface area contributed by atoms with E-state index in [1.165, 1.54) is 0 Å². The number of para-hydroxylation sites is 1. The second-order valence-corrected chi connectivity index (χ2v) is 5.10. The predicted octanol–water partition coefficient (Wildman–Crippen LogP) is 3.68. The van der Waals surface area contributed by atoms with Gasteiger partial charge in [0.15, 0.2) is 0 Å². The van der Waals surface area contributed by atoms with Crippen molar-refractivity contribution in [2.45, 2.75) is 12.7 Å². The van der Waals surface area contributed by atoms with Crippen molar-refractivity contribution in [3.63, 3.8) is 0 Å². The number of hydrogen-bond acceptors (Lipinski definition) is 4. The second kappa shape index (κ2) is 5.83. The molecule has 118 valence electrons. The largest absolute Gasteiger partial charge is 0.451 e. The highest BCUT2D eigenvalue weighted by atomic mass is 19.4. The summed E-state index contributed by atoms with van der Waals surface area (Å²) in [5, 5.41) is 0.576. The molecule has 0 radical (unpaired) electrons. The third-order valence-corrected chi connectivity index (χ3v) is 3.34. The van der Waals surface area contributed by atoms with Crippen molar-refractivity contribution in [2.24, 2.45) is 0 Å². The molecule has 0 saturated heterocycles. The smallest absolute Gasteiger partial charge is 0.355 e. The molecule has 23 heavy (non-hydrogen) atoms. The van der Waals surface area contributed by atoms with E-state index in [1.54, 1.807) is 54.7 Å². The number of fused-ring (bicyclic) bond motifs is 1. The molecule has 2 aromatic heterocycles. The van der Waals surface area contributed by atoms with E-state index in [4.69, 9.17) is 0 Å². The zero-order chi connectivity index (χ0) is 16.4. The lowest BCUT2D eigenvalue weighted by molar-refractivity contribution is -0.144. The lowest BCUT2D eigenvalue weighted by atomic mass is 10.2. The van der Waals surface area contributed by atoms with Crippen molar-refractivity contribution >= 4 is 16.7 Å². The number of benzene rings is 1. The average molecular weight is 318 g/mol. The molecule has 0 amide bonds. The highest BCUT2D eigenvalue weighted by molar-refractivity contribution is 5.89. The molecule has 1 aromatic carbocycles. The van der Waals surface area contributed by atoms with Gasteiger partial charge in [-0.3, -0.25) is 4.98 Å². The van der Waals surface area contributed by atoms with Gasteiger partial charge in [-0.15, -0.1) is 0 Å². The summed E-state index contributed by atoms with van der Waals surface area (Å²) in [7, 11) is 1.70. The standard InChI is InChI=1S/C16H13F3N4/c1-23(10-11-5-4-8-20-9-11)14-12-6-2-3-7-13(12)21-15(22-14)16(17,18)19/h2-9H,10H2,1H3. The molecule has 0 spiro atoms. The third-order valence-electron chi connectivity index (χ3n) is 3.34. The number of pyridine rings is 1. The maximum Gasteiger partial charge on any atom is 0.451 e. The lowest BCUT2D eigenvalue weighted by Gasteiger charge is -2.21. The third kappa shape index (κ3) is 3.23.